The molecule has 4 rings (SSSR count). The van der Waals surface area contributed by atoms with Gasteiger partial charge in [0.1, 0.15) is 30.5 Å². The van der Waals surface area contributed by atoms with Gasteiger partial charge in [-0.05, 0) is 18.3 Å². The Bertz CT molecular complexity index is 904. The average molecular weight is 545 g/mol. The van der Waals surface area contributed by atoms with Gasteiger partial charge in [-0.3, -0.25) is 4.79 Å². The molecular weight excluding hydrogens is 508 g/mol. The Balaban J connectivity index is 1.49. The molecule has 3 aliphatic heterocycles. The smallest absolute Gasteiger partial charge is 0.337 e. The molecule has 3 fully saturated rings. The van der Waals surface area contributed by atoms with Gasteiger partial charge in [0.25, 0.3) is 0 Å². The predicted octanol–water partition coefficient (Wildman–Crippen LogP) is -1.71. The number of aliphatic hydroxyl groups is 6. The van der Waals surface area contributed by atoms with Crippen molar-refractivity contribution in [3.05, 3.63) is 24.5 Å². The molecule has 0 aromatic heterocycles. The summed E-state index contributed by atoms with van der Waals surface area (Å²) >= 11 is 0. The molecule has 13 heteroatoms. The minimum atomic E-state index is -1.80. The van der Waals surface area contributed by atoms with Crippen molar-refractivity contribution in [2.45, 2.75) is 75.6 Å². The van der Waals surface area contributed by atoms with E-state index in [0.717, 1.165) is 6.26 Å². The Morgan fingerprint density at radius 2 is 1.95 bits per heavy atom. The van der Waals surface area contributed by atoms with Crippen molar-refractivity contribution in [1.29, 1.82) is 0 Å². The van der Waals surface area contributed by atoms with Gasteiger partial charge in [0.05, 0.1) is 25.0 Å². The Hall–Kier alpha value is -2.10. The number of carbonyl (C=O) groups is 2. The summed E-state index contributed by atoms with van der Waals surface area (Å²) in [6.45, 7) is 5.30. The highest BCUT2D eigenvalue weighted by Crippen LogP contribution is 2.44. The van der Waals surface area contributed by atoms with Crippen molar-refractivity contribution in [3.63, 3.8) is 0 Å². The molecule has 0 bridgehead atoms. The van der Waals surface area contributed by atoms with E-state index in [9.17, 15) is 40.2 Å². The monoisotopic (exact) mass is 544 g/mol. The van der Waals surface area contributed by atoms with Gasteiger partial charge in [0.15, 0.2) is 12.6 Å². The van der Waals surface area contributed by atoms with Crippen molar-refractivity contribution in [3.8, 4) is 0 Å². The zero-order valence-electron chi connectivity index (χ0n) is 20.9. The van der Waals surface area contributed by atoms with E-state index in [1.54, 1.807) is 0 Å². The maximum absolute atomic E-state index is 13.3. The van der Waals surface area contributed by atoms with E-state index in [4.69, 9.17) is 23.7 Å². The SMILES string of the molecule is C=CC1C(OC2OC(CO)C(O)C(O)C2O)OC=C(C(=O)OC2CC3CC(=O)OCC3C2C)C1CC(O)O. The van der Waals surface area contributed by atoms with E-state index in [1.807, 2.05) is 6.92 Å². The number of ether oxygens (including phenoxy) is 5. The molecule has 0 spiro atoms. The summed E-state index contributed by atoms with van der Waals surface area (Å²) < 4.78 is 27.7. The Kier molecular flexibility index (Phi) is 9.10. The molecule has 12 unspecified atom stereocenters. The highest BCUT2D eigenvalue weighted by atomic mass is 16.8. The summed E-state index contributed by atoms with van der Waals surface area (Å²) in [4.78, 5) is 25.0. The highest BCUT2D eigenvalue weighted by molar-refractivity contribution is 5.89. The number of carbonyl (C=O) groups excluding carboxylic acids is 2. The molecule has 0 aromatic carbocycles. The fraction of sp³-hybridized carbons (Fsp3) is 0.760. The maximum Gasteiger partial charge on any atom is 0.337 e. The summed E-state index contributed by atoms with van der Waals surface area (Å²) in [5, 5.41) is 59.3. The van der Waals surface area contributed by atoms with Crippen LogP contribution in [0.2, 0.25) is 0 Å². The van der Waals surface area contributed by atoms with Gasteiger partial charge in [-0.15, -0.1) is 6.58 Å². The van der Waals surface area contributed by atoms with Crippen LogP contribution in [0.1, 0.15) is 26.2 Å². The highest BCUT2D eigenvalue weighted by Gasteiger charge is 2.49. The van der Waals surface area contributed by atoms with Gasteiger partial charge in [0.2, 0.25) is 6.29 Å². The fourth-order valence-electron chi connectivity index (χ4n) is 5.87. The van der Waals surface area contributed by atoms with Crippen molar-refractivity contribution < 1.29 is 63.9 Å². The lowest BCUT2D eigenvalue weighted by Crippen LogP contribution is -2.60. The largest absolute Gasteiger partial charge is 0.471 e. The van der Waals surface area contributed by atoms with E-state index in [2.05, 4.69) is 6.58 Å². The quantitative estimate of drug-likeness (QED) is 0.115. The second-order valence-corrected chi connectivity index (χ2v) is 10.4. The summed E-state index contributed by atoms with van der Waals surface area (Å²) in [6, 6.07) is 0. The van der Waals surface area contributed by atoms with Crippen LogP contribution in [0.25, 0.3) is 0 Å². The molecule has 3 heterocycles. The first-order chi connectivity index (χ1) is 18.0. The Labute approximate surface area is 219 Å². The molecule has 12 atom stereocenters. The molecule has 0 radical (unpaired) electrons. The normalized spacial score (nSPS) is 43.1. The number of cyclic esters (lactones) is 1. The summed E-state index contributed by atoms with van der Waals surface area (Å²) in [5.74, 6) is -2.66. The first-order valence-corrected chi connectivity index (χ1v) is 12.7. The third kappa shape index (κ3) is 5.75. The molecule has 0 aromatic rings. The number of esters is 2. The van der Waals surface area contributed by atoms with Crippen molar-refractivity contribution in [2.24, 2.45) is 29.6 Å². The van der Waals surface area contributed by atoms with Crippen LogP contribution in [0.5, 0.6) is 0 Å². The third-order valence-electron chi connectivity index (χ3n) is 8.12. The summed E-state index contributed by atoms with van der Waals surface area (Å²) in [6.07, 6.45) is -8.26. The lowest BCUT2D eigenvalue weighted by atomic mass is 9.81. The maximum atomic E-state index is 13.3. The second-order valence-electron chi connectivity index (χ2n) is 10.4. The first kappa shape index (κ1) is 28.9. The van der Waals surface area contributed by atoms with E-state index in [0.29, 0.717) is 6.42 Å². The number of hydrogen-bond acceptors (Lipinski definition) is 13. The third-order valence-corrected chi connectivity index (χ3v) is 8.12. The van der Waals surface area contributed by atoms with Gasteiger partial charge >= 0.3 is 11.9 Å². The molecule has 4 aliphatic rings. The standard InChI is InChI=1S/C25H36O13/c1-3-12-13(6-18(27)28)15(23(33)36-16-4-11-5-19(29)34-8-14(11)10(16)2)9-35-24(12)38-25-22(32)21(31)20(30)17(7-26)37-25/h3,9-14,16-18,20-22,24-28,30-32H,1,4-8H2,2H3. The molecule has 38 heavy (non-hydrogen) atoms. The molecule has 1 saturated carbocycles. The van der Waals surface area contributed by atoms with E-state index < -0.39 is 73.8 Å². The van der Waals surface area contributed by atoms with E-state index in [1.165, 1.54) is 6.08 Å². The van der Waals surface area contributed by atoms with Gasteiger partial charge in [-0.2, -0.15) is 0 Å². The zero-order chi connectivity index (χ0) is 27.7. The number of rotatable bonds is 8. The van der Waals surface area contributed by atoms with Crippen LogP contribution in [0.15, 0.2) is 24.5 Å². The minimum absolute atomic E-state index is 0.0195. The minimum Gasteiger partial charge on any atom is -0.471 e. The molecular formula is C25H36O13. The van der Waals surface area contributed by atoms with Crippen molar-refractivity contribution >= 4 is 11.9 Å². The van der Waals surface area contributed by atoms with Gasteiger partial charge in [0, 0.05) is 30.6 Å². The van der Waals surface area contributed by atoms with Gasteiger partial charge in [-0.25, -0.2) is 4.79 Å². The van der Waals surface area contributed by atoms with Crippen LogP contribution in [0.4, 0.5) is 0 Å². The van der Waals surface area contributed by atoms with Crippen LogP contribution >= 0.6 is 0 Å². The van der Waals surface area contributed by atoms with E-state index >= 15 is 0 Å². The predicted molar refractivity (Wildman–Crippen MR) is 124 cm³/mol. The van der Waals surface area contributed by atoms with Crippen LogP contribution in [0, 0.1) is 29.6 Å². The molecule has 13 nitrogen and oxygen atoms in total. The number of hydrogen-bond donors (Lipinski definition) is 6. The first-order valence-electron chi connectivity index (χ1n) is 12.7. The van der Waals surface area contributed by atoms with Crippen molar-refractivity contribution in [1.82, 2.24) is 0 Å². The Morgan fingerprint density at radius 3 is 2.61 bits per heavy atom. The zero-order valence-corrected chi connectivity index (χ0v) is 20.9. The average Bonchev–Trinajstić information content (AvgIpc) is 3.17. The Morgan fingerprint density at radius 1 is 1.21 bits per heavy atom. The number of aliphatic hydroxyl groups excluding tert-OH is 5. The van der Waals surface area contributed by atoms with Crippen LogP contribution in [-0.4, -0.2) is 105 Å². The second kappa shape index (κ2) is 12.0. The van der Waals surface area contributed by atoms with E-state index in [-0.39, 0.29) is 48.7 Å². The summed E-state index contributed by atoms with van der Waals surface area (Å²) in [5.41, 5.74) is 0.0195. The topological polar surface area (TPSA) is 202 Å². The lowest BCUT2D eigenvalue weighted by molar-refractivity contribution is -0.339. The fourth-order valence-corrected chi connectivity index (χ4v) is 5.87. The van der Waals surface area contributed by atoms with Gasteiger partial charge in [-0.1, -0.05) is 13.0 Å². The molecule has 1 aliphatic carbocycles. The molecule has 0 amide bonds. The number of fused-ring (bicyclic) bond motifs is 1. The molecule has 6 N–H and O–H groups in total. The molecule has 2 saturated heterocycles. The molecule has 214 valence electrons. The van der Waals surface area contributed by atoms with Crippen LogP contribution in [0.3, 0.4) is 0 Å². The van der Waals surface area contributed by atoms with Gasteiger partial charge < -0.3 is 54.3 Å². The van der Waals surface area contributed by atoms with Crippen LogP contribution < -0.4 is 0 Å². The lowest BCUT2D eigenvalue weighted by Gasteiger charge is -2.43. The van der Waals surface area contributed by atoms with Crippen LogP contribution in [-0.2, 0) is 33.3 Å². The van der Waals surface area contributed by atoms with Crippen molar-refractivity contribution in [2.75, 3.05) is 13.2 Å². The summed E-state index contributed by atoms with van der Waals surface area (Å²) in [7, 11) is 0.